The molecule has 2 saturated heterocycles. The summed E-state index contributed by atoms with van der Waals surface area (Å²) in [5, 5.41) is 0. The fourth-order valence-electron chi connectivity index (χ4n) is 3.18. The number of benzene rings is 1. The van der Waals surface area contributed by atoms with Gasteiger partial charge in [-0.05, 0) is 12.1 Å². The van der Waals surface area contributed by atoms with E-state index in [0.29, 0.717) is 31.2 Å². The number of amides is 2. The SMILES string of the molecule is NCC1OC(=O)N2c3ccc(N4CCOCC4=O)cc3OCC12. The van der Waals surface area contributed by atoms with Gasteiger partial charge in [0, 0.05) is 24.8 Å². The van der Waals surface area contributed by atoms with Crippen LogP contribution in [0.3, 0.4) is 0 Å². The van der Waals surface area contributed by atoms with Crippen molar-refractivity contribution in [2.24, 2.45) is 5.73 Å². The smallest absolute Gasteiger partial charge is 0.415 e. The second-order valence-corrected chi connectivity index (χ2v) is 5.66. The zero-order valence-electron chi connectivity index (χ0n) is 12.4. The summed E-state index contributed by atoms with van der Waals surface area (Å²) in [6.45, 7) is 1.66. The van der Waals surface area contributed by atoms with Crippen molar-refractivity contribution in [3.63, 3.8) is 0 Å². The van der Waals surface area contributed by atoms with Crippen LogP contribution in [0.2, 0.25) is 0 Å². The predicted molar refractivity (Wildman–Crippen MR) is 80.7 cm³/mol. The maximum absolute atomic E-state index is 12.1. The molecule has 1 aromatic rings. The second-order valence-electron chi connectivity index (χ2n) is 5.66. The first-order valence-corrected chi connectivity index (χ1v) is 7.54. The van der Waals surface area contributed by atoms with Gasteiger partial charge in [0.15, 0.2) is 0 Å². The third-order valence-corrected chi connectivity index (χ3v) is 4.35. The first-order chi connectivity index (χ1) is 11.2. The molecule has 4 rings (SSSR count). The zero-order valence-corrected chi connectivity index (χ0v) is 12.4. The van der Waals surface area contributed by atoms with E-state index in [1.807, 2.05) is 0 Å². The minimum atomic E-state index is -0.412. The van der Waals surface area contributed by atoms with Gasteiger partial charge in [0.1, 0.15) is 31.1 Å². The summed E-state index contributed by atoms with van der Waals surface area (Å²) >= 11 is 0. The van der Waals surface area contributed by atoms with Gasteiger partial charge in [0.25, 0.3) is 5.91 Å². The van der Waals surface area contributed by atoms with Crippen molar-refractivity contribution in [1.29, 1.82) is 0 Å². The lowest BCUT2D eigenvalue weighted by Gasteiger charge is -2.33. The molecule has 2 atom stereocenters. The van der Waals surface area contributed by atoms with Crippen LogP contribution in [-0.4, -0.2) is 57.1 Å². The molecule has 0 radical (unpaired) electrons. The molecule has 8 nitrogen and oxygen atoms in total. The van der Waals surface area contributed by atoms with Crippen LogP contribution in [0.25, 0.3) is 0 Å². The maximum Gasteiger partial charge on any atom is 0.415 e. The molecule has 2 fully saturated rings. The number of nitrogens with two attached hydrogens (primary N) is 1. The van der Waals surface area contributed by atoms with Gasteiger partial charge >= 0.3 is 6.09 Å². The lowest BCUT2D eigenvalue weighted by Crippen LogP contribution is -2.46. The third-order valence-electron chi connectivity index (χ3n) is 4.35. The molecule has 8 heteroatoms. The lowest BCUT2D eigenvalue weighted by atomic mass is 10.1. The molecule has 2 amide bonds. The van der Waals surface area contributed by atoms with E-state index in [2.05, 4.69) is 0 Å². The van der Waals surface area contributed by atoms with Gasteiger partial charge < -0.3 is 24.8 Å². The average Bonchev–Trinajstić information content (AvgIpc) is 2.91. The van der Waals surface area contributed by atoms with Crippen LogP contribution in [0.1, 0.15) is 0 Å². The Bertz CT molecular complexity index is 665. The molecule has 23 heavy (non-hydrogen) atoms. The van der Waals surface area contributed by atoms with Gasteiger partial charge in [-0.3, -0.25) is 9.69 Å². The number of carbonyl (C=O) groups is 2. The molecule has 0 saturated carbocycles. The van der Waals surface area contributed by atoms with Crippen LogP contribution in [0.4, 0.5) is 16.2 Å². The Hall–Kier alpha value is -2.32. The molecular weight excluding hydrogens is 302 g/mol. The Morgan fingerprint density at radius 3 is 2.96 bits per heavy atom. The van der Waals surface area contributed by atoms with Crippen molar-refractivity contribution in [2.75, 3.05) is 42.7 Å². The summed E-state index contributed by atoms with van der Waals surface area (Å²) < 4.78 is 16.2. The van der Waals surface area contributed by atoms with Crippen molar-refractivity contribution < 1.29 is 23.8 Å². The Morgan fingerprint density at radius 2 is 2.17 bits per heavy atom. The highest BCUT2D eigenvalue weighted by molar-refractivity contribution is 5.97. The number of nitrogens with zero attached hydrogens (tertiary/aromatic N) is 2. The van der Waals surface area contributed by atoms with Crippen molar-refractivity contribution in [2.45, 2.75) is 12.1 Å². The molecule has 0 spiro atoms. The summed E-state index contributed by atoms with van der Waals surface area (Å²) in [6, 6.07) is 5.14. The highest BCUT2D eigenvalue weighted by atomic mass is 16.6. The number of ether oxygens (including phenoxy) is 3. The number of hydrogen-bond acceptors (Lipinski definition) is 6. The largest absolute Gasteiger partial charge is 0.489 e. The van der Waals surface area contributed by atoms with Crippen molar-refractivity contribution in [3.8, 4) is 5.75 Å². The molecule has 0 aromatic heterocycles. The van der Waals surface area contributed by atoms with E-state index in [9.17, 15) is 9.59 Å². The topological polar surface area (TPSA) is 94.3 Å². The van der Waals surface area contributed by atoms with Gasteiger partial charge in [-0.1, -0.05) is 0 Å². The minimum absolute atomic E-state index is 0.0800. The standard InChI is InChI=1S/C15H17N3O5/c16-6-13-11-7-22-12-5-9(17-3-4-21-8-14(17)19)1-2-10(12)18(11)15(20)23-13/h1-2,5,11,13H,3-4,6-8,16H2. The van der Waals surface area contributed by atoms with E-state index in [4.69, 9.17) is 19.9 Å². The Balaban J connectivity index is 1.66. The Labute approximate surface area is 132 Å². The first-order valence-electron chi connectivity index (χ1n) is 7.54. The van der Waals surface area contributed by atoms with E-state index in [0.717, 1.165) is 5.69 Å². The summed E-state index contributed by atoms with van der Waals surface area (Å²) in [5.74, 6) is 0.473. The fraction of sp³-hybridized carbons (Fsp3) is 0.467. The summed E-state index contributed by atoms with van der Waals surface area (Å²) in [6.07, 6.45) is -0.777. The molecule has 1 aromatic carbocycles. The normalized spacial score (nSPS) is 26.5. The van der Waals surface area contributed by atoms with Gasteiger partial charge in [-0.15, -0.1) is 0 Å². The summed E-state index contributed by atoms with van der Waals surface area (Å²) in [5.41, 5.74) is 7.02. The van der Waals surface area contributed by atoms with E-state index < -0.39 is 6.09 Å². The number of anilines is 2. The summed E-state index contributed by atoms with van der Waals surface area (Å²) in [4.78, 5) is 27.3. The highest BCUT2D eigenvalue weighted by Gasteiger charge is 2.46. The molecular formula is C15H17N3O5. The maximum atomic E-state index is 12.1. The molecule has 0 bridgehead atoms. The number of cyclic esters (lactones) is 1. The van der Waals surface area contributed by atoms with Crippen LogP contribution in [0.5, 0.6) is 5.75 Å². The fourth-order valence-corrected chi connectivity index (χ4v) is 3.18. The second kappa shape index (κ2) is 5.39. The summed E-state index contributed by atoms with van der Waals surface area (Å²) in [7, 11) is 0. The minimum Gasteiger partial charge on any atom is -0.489 e. The van der Waals surface area contributed by atoms with Gasteiger partial charge in [-0.25, -0.2) is 4.79 Å². The molecule has 3 heterocycles. The molecule has 2 N–H and O–H groups in total. The molecule has 0 aliphatic carbocycles. The quantitative estimate of drug-likeness (QED) is 0.830. The average molecular weight is 319 g/mol. The predicted octanol–water partition coefficient (Wildman–Crippen LogP) is 0.0947. The number of carbonyl (C=O) groups excluding carboxylic acids is 2. The molecule has 3 aliphatic heterocycles. The lowest BCUT2D eigenvalue weighted by molar-refractivity contribution is -0.125. The van der Waals surface area contributed by atoms with Gasteiger partial charge in [-0.2, -0.15) is 0 Å². The van der Waals surface area contributed by atoms with Crippen LogP contribution >= 0.6 is 0 Å². The van der Waals surface area contributed by atoms with E-state index in [1.54, 1.807) is 28.0 Å². The zero-order chi connectivity index (χ0) is 16.0. The highest BCUT2D eigenvalue weighted by Crippen LogP contribution is 2.40. The van der Waals surface area contributed by atoms with E-state index in [-0.39, 0.29) is 31.2 Å². The van der Waals surface area contributed by atoms with Crippen LogP contribution in [-0.2, 0) is 14.3 Å². The Morgan fingerprint density at radius 1 is 1.30 bits per heavy atom. The Kier molecular flexibility index (Phi) is 3.35. The van der Waals surface area contributed by atoms with Gasteiger partial charge in [0.05, 0.1) is 12.3 Å². The van der Waals surface area contributed by atoms with Crippen LogP contribution in [0.15, 0.2) is 18.2 Å². The number of fused-ring (bicyclic) bond motifs is 3. The van der Waals surface area contributed by atoms with E-state index >= 15 is 0 Å². The van der Waals surface area contributed by atoms with Gasteiger partial charge in [0.2, 0.25) is 0 Å². The van der Waals surface area contributed by atoms with Crippen molar-refractivity contribution in [1.82, 2.24) is 0 Å². The number of hydrogen-bond donors (Lipinski definition) is 1. The first kappa shape index (κ1) is 14.3. The van der Waals surface area contributed by atoms with Crippen molar-refractivity contribution >= 4 is 23.4 Å². The third kappa shape index (κ3) is 2.22. The molecule has 2 unspecified atom stereocenters. The van der Waals surface area contributed by atoms with Crippen LogP contribution < -0.4 is 20.3 Å². The molecule has 122 valence electrons. The molecule has 3 aliphatic rings. The van der Waals surface area contributed by atoms with Crippen molar-refractivity contribution in [3.05, 3.63) is 18.2 Å². The van der Waals surface area contributed by atoms with Crippen LogP contribution in [0, 0.1) is 0 Å². The monoisotopic (exact) mass is 319 g/mol. The number of rotatable bonds is 2. The van der Waals surface area contributed by atoms with E-state index in [1.165, 1.54) is 0 Å². The number of morpholine rings is 1.